The van der Waals surface area contributed by atoms with E-state index in [0.717, 1.165) is 12.1 Å². The lowest BCUT2D eigenvalue weighted by Gasteiger charge is -2.46. The van der Waals surface area contributed by atoms with Gasteiger partial charge in [0.05, 0.1) is 12.1 Å². The maximum atomic E-state index is 15.2. The molecule has 60 heavy (non-hydrogen) atoms. The number of aliphatic hydroxyl groups is 1. The van der Waals surface area contributed by atoms with E-state index >= 15 is 4.39 Å². The Balaban J connectivity index is 1.49. The standard InChI is InChI=1S/C41H55F2N5O12/c1-10-30-35-31(46-39(53)58-35)22(4)32(49)20(2)16-41(7,60-40(54)55-17-26(42)14-25-11-12-28(27(43)15-25)48-19-44-18-45-48)36(23(5)33(50)24(6)37(52)57-30)59-38-34(51)29(47(8)9)13-21(3)56-38/h11-12,14-15,18-24,29-31,34-36,38,51H,10,13,16-17H2,1-9H3,(H,46,53)/b26-14-/t20-,21-,22-,23+,24-,29+,30-,31+,34-,35-,36?,38?,41-/m1/s1. The molecule has 1 aromatic heterocycles. The van der Waals surface area contributed by atoms with E-state index < -0.39 is 126 Å². The van der Waals surface area contributed by atoms with Gasteiger partial charge in [0, 0.05) is 23.8 Å². The quantitative estimate of drug-likeness (QED) is 0.205. The molecule has 2 unspecified atom stereocenters. The number of ketones is 2. The zero-order valence-corrected chi connectivity index (χ0v) is 35.2. The summed E-state index contributed by atoms with van der Waals surface area (Å²) in [5.74, 6) is -8.36. The van der Waals surface area contributed by atoms with E-state index in [1.54, 1.807) is 46.7 Å². The van der Waals surface area contributed by atoms with Crippen LogP contribution in [0.4, 0.5) is 18.4 Å². The number of alkyl carbamates (subject to hydrolysis) is 1. The first-order valence-corrected chi connectivity index (χ1v) is 20.0. The van der Waals surface area contributed by atoms with Gasteiger partial charge in [-0.2, -0.15) is 5.10 Å². The van der Waals surface area contributed by atoms with Crippen molar-refractivity contribution in [2.24, 2.45) is 23.7 Å². The number of rotatable bonds is 9. The Bertz CT molecular complexity index is 1920. The summed E-state index contributed by atoms with van der Waals surface area (Å²) in [6.45, 7) is 9.86. The number of nitrogens with one attached hydrogen (secondary N) is 1. The number of carbonyl (C=O) groups is 5. The van der Waals surface area contributed by atoms with Gasteiger partial charge < -0.3 is 43.7 Å². The number of fused-ring (bicyclic) bond motifs is 1. The van der Waals surface area contributed by atoms with Gasteiger partial charge in [-0.1, -0.05) is 33.8 Å². The molecule has 4 heterocycles. The highest BCUT2D eigenvalue weighted by molar-refractivity contribution is 6.00. The maximum Gasteiger partial charge on any atom is 0.509 e. The smallest absolute Gasteiger partial charge is 0.458 e. The van der Waals surface area contributed by atoms with E-state index in [9.17, 15) is 33.5 Å². The van der Waals surface area contributed by atoms with E-state index in [2.05, 4.69) is 15.4 Å². The third kappa shape index (κ3) is 10.4. The average Bonchev–Trinajstić information content (AvgIpc) is 3.87. The largest absolute Gasteiger partial charge is 0.509 e. The van der Waals surface area contributed by atoms with Gasteiger partial charge in [0.1, 0.15) is 72.2 Å². The number of esters is 1. The molecule has 0 spiro atoms. The van der Waals surface area contributed by atoms with Crippen LogP contribution < -0.4 is 5.32 Å². The second-order valence-electron chi connectivity index (χ2n) is 16.4. The molecule has 0 saturated carbocycles. The Morgan fingerprint density at radius 1 is 1.10 bits per heavy atom. The maximum absolute atomic E-state index is 15.2. The number of likely N-dealkylation sites (N-methyl/N-ethyl adjacent to an activating group) is 1. The number of cyclic esters (lactones) is 1. The van der Waals surface area contributed by atoms with Crippen molar-refractivity contribution in [1.82, 2.24) is 25.0 Å². The van der Waals surface area contributed by atoms with Gasteiger partial charge in [0.15, 0.2) is 18.2 Å². The number of hydrogen-bond donors (Lipinski definition) is 2. The van der Waals surface area contributed by atoms with E-state index in [1.165, 1.54) is 50.2 Å². The van der Waals surface area contributed by atoms with Gasteiger partial charge in [-0.3, -0.25) is 14.4 Å². The zero-order valence-electron chi connectivity index (χ0n) is 35.2. The zero-order chi connectivity index (χ0) is 44.2. The summed E-state index contributed by atoms with van der Waals surface area (Å²) in [5, 5.41) is 18.0. The molecule has 19 heteroatoms. The molecular weight excluding hydrogens is 792 g/mol. The summed E-state index contributed by atoms with van der Waals surface area (Å²) in [4.78, 5) is 73.9. The molecule has 0 radical (unpaired) electrons. The van der Waals surface area contributed by atoms with Crippen LogP contribution in [0.3, 0.4) is 0 Å². The molecule has 3 fully saturated rings. The molecule has 1 aromatic carbocycles. The molecule has 2 aromatic rings. The van der Waals surface area contributed by atoms with Gasteiger partial charge in [0.2, 0.25) is 0 Å². The Labute approximate surface area is 347 Å². The first-order valence-electron chi connectivity index (χ1n) is 20.0. The van der Waals surface area contributed by atoms with Crippen LogP contribution in [0.1, 0.15) is 73.3 Å². The average molecular weight is 848 g/mol. The molecule has 0 aliphatic carbocycles. The van der Waals surface area contributed by atoms with Crippen LogP contribution in [0.2, 0.25) is 0 Å². The van der Waals surface area contributed by atoms with Gasteiger partial charge >= 0.3 is 18.2 Å². The Morgan fingerprint density at radius 2 is 1.82 bits per heavy atom. The third-order valence-electron chi connectivity index (χ3n) is 11.5. The Hall–Kier alpha value is -4.85. The number of hydrogen-bond acceptors (Lipinski definition) is 15. The van der Waals surface area contributed by atoms with E-state index in [-0.39, 0.29) is 24.1 Å². The van der Waals surface area contributed by atoms with Crippen molar-refractivity contribution in [3.05, 3.63) is 48.1 Å². The summed E-state index contributed by atoms with van der Waals surface area (Å²) >= 11 is 0. The normalized spacial score (nSPS) is 34.6. The molecule has 0 bridgehead atoms. The Morgan fingerprint density at radius 3 is 2.45 bits per heavy atom. The molecule has 330 valence electrons. The summed E-state index contributed by atoms with van der Waals surface area (Å²) in [6.07, 6.45) is -5.14. The molecule has 5 rings (SSSR count). The number of Topliss-reactive ketones (excluding diaryl/α,β-unsaturated/α-hetero) is 2. The second kappa shape index (κ2) is 19.2. The number of aliphatic hydroxyl groups excluding tert-OH is 1. The minimum Gasteiger partial charge on any atom is -0.458 e. The lowest BCUT2D eigenvalue weighted by molar-refractivity contribution is -0.293. The van der Waals surface area contributed by atoms with E-state index in [1.807, 2.05) is 0 Å². The predicted octanol–water partition coefficient (Wildman–Crippen LogP) is 4.33. The van der Waals surface area contributed by atoms with E-state index in [0.29, 0.717) is 6.42 Å². The second-order valence-corrected chi connectivity index (χ2v) is 16.4. The molecule has 2 N–H and O–H groups in total. The third-order valence-corrected chi connectivity index (χ3v) is 11.5. The van der Waals surface area contributed by atoms with Gasteiger partial charge in [-0.15, -0.1) is 0 Å². The summed E-state index contributed by atoms with van der Waals surface area (Å²) < 4.78 is 66.2. The lowest BCUT2D eigenvalue weighted by Crippen LogP contribution is -2.60. The fraction of sp³-hybridized carbons (Fsp3) is 0.634. The molecule has 3 saturated heterocycles. The molecule has 3 aliphatic rings. The van der Waals surface area contributed by atoms with E-state index in [4.69, 9.17) is 28.4 Å². The highest BCUT2D eigenvalue weighted by Gasteiger charge is 2.53. The van der Waals surface area contributed by atoms with Crippen molar-refractivity contribution >= 4 is 35.9 Å². The predicted molar refractivity (Wildman–Crippen MR) is 207 cm³/mol. The van der Waals surface area contributed by atoms with Crippen molar-refractivity contribution in [3.8, 4) is 5.69 Å². The van der Waals surface area contributed by atoms with Crippen LogP contribution >= 0.6 is 0 Å². The molecule has 3 aliphatic heterocycles. The van der Waals surface area contributed by atoms with Crippen LogP contribution in [0, 0.1) is 29.5 Å². The number of carbonyl (C=O) groups excluding carboxylic acids is 5. The fourth-order valence-electron chi connectivity index (χ4n) is 8.30. The Kier molecular flexibility index (Phi) is 14.8. The molecule has 13 atom stereocenters. The van der Waals surface area contributed by atoms with Crippen molar-refractivity contribution in [2.75, 3.05) is 20.7 Å². The number of benzene rings is 1. The number of ether oxygens (including phenoxy) is 6. The highest BCUT2D eigenvalue weighted by atomic mass is 19.1. The highest BCUT2D eigenvalue weighted by Crippen LogP contribution is 2.39. The molecule has 17 nitrogen and oxygen atoms in total. The molecule has 1 amide bonds. The van der Waals surface area contributed by atoms with Crippen LogP contribution in [-0.4, -0.2) is 130 Å². The lowest BCUT2D eigenvalue weighted by atomic mass is 9.75. The summed E-state index contributed by atoms with van der Waals surface area (Å²) in [7, 11) is 3.54. The van der Waals surface area contributed by atoms with Gasteiger partial charge in [-0.25, -0.2) is 28.0 Å². The van der Waals surface area contributed by atoms with Crippen LogP contribution in [0.15, 0.2) is 36.7 Å². The van der Waals surface area contributed by atoms with Gasteiger partial charge in [0.25, 0.3) is 0 Å². The van der Waals surface area contributed by atoms with Crippen LogP contribution in [0.25, 0.3) is 11.8 Å². The number of halogens is 2. The van der Waals surface area contributed by atoms with Crippen molar-refractivity contribution < 1.29 is 66.3 Å². The number of amides is 1. The minimum absolute atomic E-state index is 0.0725. The summed E-state index contributed by atoms with van der Waals surface area (Å²) in [5.41, 5.74) is -1.80. The van der Waals surface area contributed by atoms with Gasteiger partial charge in [-0.05, 0) is 77.9 Å². The first-order chi connectivity index (χ1) is 28.2. The minimum atomic E-state index is -1.98. The van der Waals surface area contributed by atoms with Crippen molar-refractivity contribution in [3.63, 3.8) is 0 Å². The topological polar surface area (TPSA) is 207 Å². The fourth-order valence-corrected chi connectivity index (χ4v) is 8.30. The summed E-state index contributed by atoms with van der Waals surface area (Å²) in [6, 6.07) is 2.45. The van der Waals surface area contributed by atoms with Crippen LogP contribution in [0.5, 0.6) is 0 Å². The van der Waals surface area contributed by atoms with Crippen molar-refractivity contribution in [1.29, 1.82) is 0 Å². The number of nitrogens with zero attached hydrogens (tertiary/aromatic N) is 4. The SMILES string of the molecule is CC[C@H]1OC(=O)[C@H](C)C(=O)[C@H](C)C(OC2O[C@H](C)C[C@H](N(C)C)[C@H]2O)[C@](C)(OC(=O)OC/C(F)=C/c2ccc(-n3cncn3)c(F)c2)C[C@@H](C)C(=O)[C@H](C)[C@@H]2NC(=O)O[C@@H]21. The molecular formula is C41H55F2N5O12. The first kappa shape index (κ1) is 46.2. The van der Waals surface area contributed by atoms with Crippen molar-refractivity contribution in [2.45, 2.75) is 122 Å². The monoisotopic (exact) mass is 847 g/mol. The number of aromatic nitrogens is 3. The van der Waals surface area contributed by atoms with Crippen LogP contribution in [-0.2, 0) is 42.8 Å².